The Kier molecular flexibility index (Phi) is 4.55. The average Bonchev–Trinajstić information content (AvgIpc) is 3.40. The monoisotopic (exact) mass is 410 g/mol. The fourth-order valence-corrected chi connectivity index (χ4v) is 3.80. The van der Waals surface area contributed by atoms with Gasteiger partial charge in [-0.05, 0) is 23.3 Å². The number of benzene rings is 3. The predicted molar refractivity (Wildman–Crippen MR) is 112 cm³/mol. The van der Waals surface area contributed by atoms with Gasteiger partial charge in [0.1, 0.15) is 6.54 Å². The smallest absolute Gasteiger partial charge is 0.326 e. The summed E-state index contributed by atoms with van der Waals surface area (Å²) in [6, 6.07) is 27.2. The number of imide groups is 1. The number of aromatic nitrogens is 2. The summed E-state index contributed by atoms with van der Waals surface area (Å²) in [5, 5.41) is 11.0. The van der Waals surface area contributed by atoms with Crippen LogP contribution in [0.15, 0.2) is 95.4 Å². The van der Waals surface area contributed by atoms with Gasteiger partial charge in [0.25, 0.3) is 5.91 Å². The maximum Gasteiger partial charge on any atom is 0.326 e. The highest BCUT2D eigenvalue weighted by molar-refractivity contribution is 6.09. The Morgan fingerprint density at radius 2 is 1.32 bits per heavy atom. The minimum absolute atomic E-state index is 0.119. The summed E-state index contributed by atoms with van der Waals surface area (Å²) in [6.45, 7) is -0.119. The van der Waals surface area contributed by atoms with E-state index in [2.05, 4.69) is 15.5 Å². The molecule has 3 aromatic carbocycles. The van der Waals surface area contributed by atoms with Crippen molar-refractivity contribution in [2.24, 2.45) is 0 Å². The zero-order valence-corrected chi connectivity index (χ0v) is 16.4. The molecule has 0 aliphatic carbocycles. The largest absolute Gasteiger partial charge is 0.419 e. The first-order valence-corrected chi connectivity index (χ1v) is 9.81. The molecule has 0 saturated carbocycles. The first-order valence-electron chi connectivity index (χ1n) is 9.81. The molecule has 1 saturated heterocycles. The molecule has 7 heteroatoms. The Hall–Kier alpha value is -4.26. The molecule has 0 spiro atoms. The number of amides is 3. The van der Waals surface area contributed by atoms with Crippen molar-refractivity contribution in [3.8, 4) is 11.5 Å². The van der Waals surface area contributed by atoms with Crippen LogP contribution in [0.3, 0.4) is 0 Å². The molecule has 3 amide bonds. The quantitative estimate of drug-likeness (QED) is 0.507. The highest BCUT2D eigenvalue weighted by atomic mass is 16.4. The van der Waals surface area contributed by atoms with Gasteiger partial charge in [0.15, 0.2) is 5.54 Å². The summed E-state index contributed by atoms with van der Waals surface area (Å²) in [4.78, 5) is 27.7. The summed E-state index contributed by atoms with van der Waals surface area (Å²) in [6.07, 6.45) is 0. The van der Waals surface area contributed by atoms with Crippen molar-refractivity contribution in [3.05, 3.63) is 108 Å². The lowest BCUT2D eigenvalue weighted by Crippen LogP contribution is -2.45. The second kappa shape index (κ2) is 7.53. The lowest BCUT2D eigenvalue weighted by atomic mass is 9.82. The average molecular weight is 410 g/mol. The number of carbonyl (C=O) groups is 2. The van der Waals surface area contributed by atoms with Crippen LogP contribution in [-0.4, -0.2) is 27.0 Å². The van der Waals surface area contributed by atoms with E-state index in [0.29, 0.717) is 17.0 Å². The minimum atomic E-state index is -1.32. The number of hydrogen-bond donors (Lipinski definition) is 1. The predicted octanol–water partition coefficient (Wildman–Crippen LogP) is 3.73. The van der Waals surface area contributed by atoms with Crippen LogP contribution in [-0.2, 0) is 16.9 Å². The van der Waals surface area contributed by atoms with Crippen molar-refractivity contribution in [2.75, 3.05) is 0 Å². The standard InChI is InChI=1S/C24H18N4O3/c29-22-24(18-12-6-2-7-13-18,19-14-8-3-9-15-19)25-23(30)28(22)16-20-26-27-21(31-20)17-10-4-1-5-11-17/h1-15H,16H2,(H,25,30). The molecule has 0 unspecified atom stereocenters. The summed E-state index contributed by atoms with van der Waals surface area (Å²) in [5.41, 5.74) is 0.804. The third-order valence-corrected chi connectivity index (χ3v) is 5.30. The van der Waals surface area contributed by atoms with Crippen LogP contribution in [0.5, 0.6) is 0 Å². The fourth-order valence-electron chi connectivity index (χ4n) is 3.80. The van der Waals surface area contributed by atoms with Gasteiger partial charge in [0, 0.05) is 5.56 Å². The lowest BCUT2D eigenvalue weighted by molar-refractivity contribution is -0.130. The number of nitrogens with one attached hydrogen (secondary N) is 1. The molecular formula is C24H18N4O3. The molecule has 31 heavy (non-hydrogen) atoms. The fraction of sp³-hybridized carbons (Fsp3) is 0.0833. The molecular weight excluding hydrogens is 392 g/mol. The van der Waals surface area contributed by atoms with Gasteiger partial charge in [0.05, 0.1) is 0 Å². The van der Waals surface area contributed by atoms with E-state index in [1.165, 1.54) is 0 Å². The van der Waals surface area contributed by atoms with Crippen LogP contribution in [0.4, 0.5) is 4.79 Å². The Labute approximate surface area is 178 Å². The van der Waals surface area contributed by atoms with Crippen molar-refractivity contribution in [1.82, 2.24) is 20.4 Å². The van der Waals surface area contributed by atoms with Crippen molar-refractivity contribution in [2.45, 2.75) is 12.1 Å². The van der Waals surface area contributed by atoms with Gasteiger partial charge < -0.3 is 9.73 Å². The first kappa shape index (κ1) is 18.7. The summed E-state index contributed by atoms with van der Waals surface area (Å²) >= 11 is 0. The van der Waals surface area contributed by atoms with E-state index < -0.39 is 17.5 Å². The van der Waals surface area contributed by atoms with Crippen LogP contribution >= 0.6 is 0 Å². The van der Waals surface area contributed by atoms with Crippen LogP contribution in [0, 0.1) is 0 Å². The first-order chi connectivity index (χ1) is 15.2. The highest BCUT2D eigenvalue weighted by Crippen LogP contribution is 2.36. The van der Waals surface area contributed by atoms with Crippen molar-refractivity contribution < 1.29 is 14.0 Å². The number of nitrogens with zero attached hydrogens (tertiary/aromatic N) is 3. The van der Waals surface area contributed by atoms with E-state index in [0.717, 1.165) is 10.5 Å². The maximum atomic E-state index is 13.7. The Bertz CT molecular complexity index is 1180. The van der Waals surface area contributed by atoms with Crippen LogP contribution in [0.2, 0.25) is 0 Å². The van der Waals surface area contributed by atoms with Gasteiger partial charge in [-0.25, -0.2) is 4.79 Å². The normalized spacial score (nSPS) is 15.2. The molecule has 1 fully saturated rings. The van der Waals surface area contributed by atoms with E-state index in [-0.39, 0.29) is 12.4 Å². The Balaban J connectivity index is 1.50. The molecule has 5 rings (SSSR count). The molecule has 2 heterocycles. The van der Waals surface area contributed by atoms with Gasteiger partial charge in [-0.1, -0.05) is 78.9 Å². The highest BCUT2D eigenvalue weighted by Gasteiger charge is 2.53. The van der Waals surface area contributed by atoms with Crippen LogP contribution < -0.4 is 5.32 Å². The topological polar surface area (TPSA) is 88.3 Å². The van der Waals surface area contributed by atoms with Gasteiger partial charge in [-0.3, -0.25) is 9.69 Å². The third kappa shape index (κ3) is 3.16. The summed E-state index contributed by atoms with van der Waals surface area (Å²) < 4.78 is 5.71. The van der Waals surface area contributed by atoms with Gasteiger partial charge in [0.2, 0.25) is 11.8 Å². The number of carbonyl (C=O) groups excluding carboxylic acids is 2. The number of rotatable bonds is 5. The summed E-state index contributed by atoms with van der Waals surface area (Å²) in [7, 11) is 0. The number of hydrogen-bond acceptors (Lipinski definition) is 5. The van der Waals surface area contributed by atoms with Gasteiger partial charge in [-0.2, -0.15) is 0 Å². The molecule has 1 aromatic heterocycles. The zero-order chi connectivity index (χ0) is 21.3. The molecule has 1 N–H and O–H groups in total. The van der Waals surface area contributed by atoms with Crippen molar-refractivity contribution in [1.29, 1.82) is 0 Å². The van der Waals surface area contributed by atoms with E-state index in [9.17, 15) is 9.59 Å². The molecule has 152 valence electrons. The third-order valence-electron chi connectivity index (χ3n) is 5.30. The van der Waals surface area contributed by atoms with Gasteiger partial charge in [-0.15, -0.1) is 10.2 Å². The SMILES string of the molecule is O=C1NC(c2ccccc2)(c2ccccc2)C(=O)N1Cc1nnc(-c2ccccc2)o1. The van der Waals surface area contributed by atoms with Crippen LogP contribution in [0.25, 0.3) is 11.5 Å². The molecule has 7 nitrogen and oxygen atoms in total. The van der Waals surface area contributed by atoms with E-state index in [1.807, 2.05) is 91.0 Å². The van der Waals surface area contributed by atoms with E-state index >= 15 is 0 Å². The van der Waals surface area contributed by atoms with E-state index in [1.54, 1.807) is 0 Å². The lowest BCUT2D eigenvalue weighted by Gasteiger charge is -2.27. The molecule has 0 bridgehead atoms. The number of urea groups is 1. The summed E-state index contributed by atoms with van der Waals surface area (Å²) in [5.74, 6) is 0.119. The molecule has 0 atom stereocenters. The van der Waals surface area contributed by atoms with Crippen LogP contribution in [0.1, 0.15) is 17.0 Å². The van der Waals surface area contributed by atoms with Crippen molar-refractivity contribution in [3.63, 3.8) is 0 Å². The van der Waals surface area contributed by atoms with Crippen molar-refractivity contribution >= 4 is 11.9 Å². The Morgan fingerprint density at radius 1 is 0.774 bits per heavy atom. The molecule has 0 radical (unpaired) electrons. The second-order valence-corrected chi connectivity index (χ2v) is 7.17. The minimum Gasteiger partial charge on any atom is -0.419 e. The maximum absolute atomic E-state index is 13.7. The Morgan fingerprint density at radius 3 is 1.90 bits per heavy atom. The van der Waals surface area contributed by atoms with E-state index in [4.69, 9.17) is 4.42 Å². The zero-order valence-electron chi connectivity index (χ0n) is 16.4. The molecule has 4 aromatic rings. The van der Waals surface area contributed by atoms with Gasteiger partial charge >= 0.3 is 6.03 Å². The molecule has 1 aliphatic heterocycles. The second-order valence-electron chi connectivity index (χ2n) is 7.17. The molecule has 1 aliphatic rings.